The fourth-order valence-electron chi connectivity index (χ4n) is 1.70. The Balaban J connectivity index is 3.59. The van der Waals surface area contributed by atoms with E-state index in [1.807, 2.05) is 0 Å². The van der Waals surface area contributed by atoms with E-state index in [-0.39, 0.29) is 34.1 Å². The van der Waals surface area contributed by atoms with Crippen LogP contribution in [0, 0.1) is 22.7 Å². The molecular formula is C14H13N3O5. The number of carboxylic acid groups (broad SMARTS) is 1. The highest BCUT2D eigenvalue weighted by molar-refractivity contribution is 5.98. The molecule has 114 valence electrons. The maximum Gasteiger partial charge on any atom is 0.338 e. The molecule has 0 spiro atoms. The largest absolute Gasteiger partial charge is 0.493 e. The minimum Gasteiger partial charge on any atom is -0.493 e. The number of methoxy groups -OCH3 is 3. The molecule has 0 aromatic heterocycles. The molecule has 8 heteroatoms. The Morgan fingerprint density at radius 2 is 1.77 bits per heavy atom. The molecule has 0 bridgehead atoms. The summed E-state index contributed by atoms with van der Waals surface area (Å²) < 4.78 is 15.4. The number of hydrogen-bond acceptors (Lipinski definition) is 7. The van der Waals surface area contributed by atoms with Gasteiger partial charge in [-0.2, -0.15) is 10.5 Å². The Morgan fingerprint density at radius 1 is 1.18 bits per heavy atom. The fourth-order valence-corrected chi connectivity index (χ4v) is 1.70. The van der Waals surface area contributed by atoms with Crippen molar-refractivity contribution in [3.8, 4) is 29.4 Å². The monoisotopic (exact) mass is 303 g/mol. The second kappa shape index (κ2) is 7.41. The summed E-state index contributed by atoms with van der Waals surface area (Å²) in [5.41, 5.74) is -0.357. The van der Waals surface area contributed by atoms with Crippen LogP contribution in [0.2, 0.25) is 0 Å². The number of rotatable bonds is 6. The predicted molar refractivity (Wildman–Crippen MR) is 76.0 cm³/mol. The Labute approximate surface area is 126 Å². The molecule has 0 atom stereocenters. The highest BCUT2D eigenvalue weighted by Gasteiger charge is 2.23. The van der Waals surface area contributed by atoms with Gasteiger partial charge in [-0.25, -0.2) is 4.79 Å². The first-order valence-corrected chi connectivity index (χ1v) is 5.87. The molecule has 1 rings (SSSR count). The zero-order chi connectivity index (χ0) is 16.7. The van der Waals surface area contributed by atoms with Crippen molar-refractivity contribution in [1.29, 1.82) is 10.5 Å². The number of nitriles is 2. The molecular weight excluding hydrogens is 290 g/mol. The number of carboxylic acids is 1. The van der Waals surface area contributed by atoms with Gasteiger partial charge in [0.25, 0.3) is 0 Å². The minimum absolute atomic E-state index is 0.0376. The third-order valence-electron chi connectivity index (χ3n) is 2.66. The fraction of sp³-hybridized carbons (Fsp3) is 0.214. The van der Waals surface area contributed by atoms with Crippen LogP contribution in [0.25, 0.3) is 0 Å². The molecule has 1 aromatic rings. The van der Waals surface area contributed by atoms with Crippen LogP contribution in [0.1, 0.15) is 10.4 Å². The van der Waals surface area contributed by atoms with Crippen molar-refractivity contribution in [2.24, 2.45) is 0 Å². The Kier molecular flexibility index (Phi) is 5.61. The lowest BCUT2D eigenvalue weighted by molar-refractivity contribution is 0.0697. The number of hydrogen-bond donors (Lipinski definition) is 2. The highest BCUT2D eigenvalue weighted by Crippen LogP contribution is 2.45. The van der Waals surface area contributed by atoms with E-state index in [0.717, 1.165) is 6.20 Å². The van der Waals surface area contributed by atoms with Gasteiger partial charge in [-0.15, -0.1) is 0 Å². The van der Waals surface area contributed by atoms with Crippen LogP contribution in [0.15, 0.2) is 17.8 Å². The summed E-state index contributed by atoms with van der Waals surface area (Å²) >= 11 is 0. The molecule has 0 aliphatic heterocycles. The summed E-state index contributed by atoms with van der Waals surface area (Å²) in [5.74, 6) is -0.815. The lowest BCUT2D eigenvalue weighted by Crippen LogP contribution is -2.07. The molecule has 1 aromatic carbocycles. The lowest BCUT2D eigenvalue weighted by Gasteiger charge is -2.17. The van der Waals surface area contributed by atoms with E-state index in [0.29, 0.717) is 0 Å². The quantitative estimate of drug-likeness (QED) is 0.761. The average Bonchev–Trinajstić information content (AvgIpc) is 2.53. The minimum atomic E-state index is -1.24. The van der Waals surface area contributed by atoms with Crippen LogP contribution < -0.4 is 19.5 Å². The van der Waals surface area contributed by atoms with Gasteiger partial charge >= 0.3 is 5.97 Å². The standard InChI is InChI=1S/C14H13N3O5/c1-20-10-4-9(14(18)19)11(13(22-3)12(10)21-2)17-7-8(5-15)6-16/h4,7,17H,1-3H3,(H,18,19). The summed E-state index contributed by atoms with van der Waals surface area (Å²) in [6.07, 6.45) is 1.08. The van der Waals surface area contributed by atoms with E-state index < -0.39 is 5.97 Å². The molecule has 0 amide bonds. The third kappa shape index (κ3) is 3.19. The normalized spacial score (nSPS) is 8.95. The Hall–Kier alpha value is -3.39. The number of carbonyl (C=O) groups is 1. The second-order valence-electron chi connectivity index (χ2n) is 3.80. The third-order valence-corrected chi connectivity index (χ3v) is 2.66. The predicted octanol–water partition coefficient (Wildman–Crippen LogP) is 1.75. The van der Waals surface area contributed by atoms with Gasteiger partial charge in [-0.1, -0.05) is 0 Å². The van der Waals surface area contributed by atoms with E-state index in [2.05, 4.69) is 5.32 Å². The van der Waals surface area contributed by atoms with Crippen molar-refractivity contribution in [2.75, 3.05) is 26.6 Å². The Bertz CT molecular complexity index is 682. The molecule has 0 heterocycles. The van der Waals surface area contributed by atoms with Crippen molar-refractivity contribution in [1.82, 2.24) is 0 Å². The van der Waals surface area contributed by atoms with Crippen molar-refractivity contribution < 1.29 is 24.1 Å². The van der Waals surface area contributed by atoms with E-state index in [9.17, 15) is 9.90 Å². The van der Waals surface area contributed by atoms with Crippen LogP contribution in [0.4, 0.5) is 5.69 Å². The summed E-state index contributed by atoms with van der Waals surface area (Å²) in [4.78, 5) is 11.4. The molecule has 0 radical (unpaired) electrons. The van der Waals surface area contributed by atoms with Gasteiger partial charge in [-0.05, 0) is 0 Å². The van der Waals surface area contributed by atoms with Gasteiger partial charge < -0.3 is 24.6 Å². The van der Waals surface area contributed by atoms with Crippen LogP contribution in [0.5, 0.6) is 17.2 Å². The number of allylic oxidation sites excluding steroid dienone is 1. The van der Waals surface area contributed by atoms with Gasteiger partial charge in [0, 0.05) is 12.3 Å². The zero-order valence-electron chi connectivity index (χ0n) is 12.1. The first-order chi connectivity index (χ1) is 10.5. The van der Waals surface area contributed by atoms with Crippen LogP contribution in [-0.4, -0.2) is 32.4 Å². The topological polar surface area (TPSA) is 125 Å². The highest BCUT2D eigenvalue weighted by atomic mass is 16.5. The lowest BCUT2D eigenvalue weighted by atomic mass is 10.1. The average molecular weight is 303 g/mol. The number of ether oxygens (including phenoxy) is 3. The van der Waals surface area contributed by atoms with E-state index in [4.69, 9.17) is 24.7 Å². The number of nitrogens with zero attached hydrogens (tertiary/aromatic N) is 2. The summed E-state index contributed by atoms with van der Waals surface area (Å²) in [5, 5.41) is 29.3. The maximum absolute atomic E-state index is 11.4. The number of aromatic carboxylic acids is 1. The number of nitrogens with one attached hydrogen (secondary N) is 1. The van der Waals surface area contributed by atoms with Crippen molar-refractivity contribution in [3.05, 3.63) is 23.4 Å². The Morgan fingerprint density at radius 3 is 2.18 bits per heavy atom. The van der Waals surface area contributed by atoms with Crippen molar-refractivity contribution >= 4 is 11.7 Å². The van der Waals surface area contributed by atoms with Gasteiger partial charge in [0.15, 0.2) is 11.5 Å². The summed E-state index contributed by atoms with van der Waals surface area (Å²) in [6.45, 7) is 0. The molecule has 0 aliphatic rings. The van der Waals surface area contributed by atoms with E-state index in [1.54, 1.807) is 12.1 Å². The van der Waals surface area contributed by atoms with E-state index in [1.165, 1.54) is 27.4 Å². The van der Waals surface area contributed by atoms with Crippen LogP contribution >= 0.6 is 0 Å². The number of anilines is 1. The molecule has 0 saturated heterocycles. The van der Waals surface area contributed by atoms with Crippen molar-refractivity contribution in [3.63, 3.8) is 0 Å². The molecule has 0 saturated carbocycles. The van der Waals surface area contributed by atoms with Gasteiger partial charge in [-0.3, -0.25) is 0 Å². The first kappa shape index (κ1) is 16.7. The van der Waals surface area contributed by atoms with Crippen molar-refractivity contribution in [2.45, 2.75) is 0 Å². The molecule has 22 heavy (non-hydrogen) atoms. The molecule has 2 N–H and O–H groups in total. The maximum atomic E-state index is 11.4. The zero-order valence-corrected chi connectivity index (χ0v) is 12.1. The van der Waals surface area contributed by atoms with Gasteiger partial charge in [0.05, 0.1) is 32.6 Å². The smallest absolute Gasteiger partial charge is 0.338 e. The molecule has 0 unspecified atom stereocenters. The molecule has 0 aliphatic carbocycles. The number of benzene rings is 1. The van der Waals surface area contributed by atoms with Gasteiger partial charge in [0.2, 0.25) is 5.75 Å². The first-order valence-electron chi connectivity index (χ1n) is 5.87. The van der Waals surface area contributed by atoms with Gasteiger partial charge in [0.1, 0.15) is 17.7 Å². The van der Waals surface area contributed by atoms with E-state index >= 15 is 0 Å². The summed E-state index contributed by atoms with van der Waals surface area (Å²) in [7, 11) is 4.06. The van der Waals surface area contributed by atoms with Crippen LogP contribution in [0.3, 0.4) is 0 Å². The van der Waals surface area contributed by atoms with Crippen LogP contribution in [-0.2, 0) is 0 Å². The summed E-state index contributed by atoms with van der Waals surface area (Å²) in [6, 6.07) is 4.55. The second-order valence-corrected chi connectivity index (χ2v) is 3.80. The SMILES string of the molecule is COc1cc(C(=O)O)c(NC=C(C#N)C#N)c(OC)c1OC. The molecule has 0 fully saturated rings. The molecule has 8 nitrogen and oxygen atoms in total.